The normalized spacial score (nSPS) is 12.3. The first-order valence-electron chi connectivity index (χ1n) is 11.1. The molecule has 0 aliphatic rings. The van der Waals surface area contributed by atoms with E-state index in [1.807, 2.05) is 56.6 Å². The molecule has 178 valence electrons. The Balaban J connectivity index is 1.68. The van der Waals surface area contributed by atoms with Gasteiger partial charge in [0.2, 0.25) is 11.9 Å². The summed E-state index contributed by atoms with van der Waals surface area (Å²) in [6.45, 7) is 3.33. The molecular formula is C24H28BrN7O2. The Kier molecular flexibility index (Phi) is 7.28. The zero-order valence-electron chi connectivity index (χ0n) is 19.7. The van der Waals surface area contributed by atoms with E-state index in [1.165, 1.54) is 0 Å². The molecule has 34 heavy (non-hydrogen) atoms. The Bertz CT molecular complexity index is 1300. The topological polar surface area (TPSA) is 96.7 Å². The van der Waals surface area contributed by atoms with Crippen LogP contribution in [0.3, 0.4) is 0 Å². The molecule has 1 amide bonds. The van der Waals surface area contributed by atoms with Crippen LogP contribution in [-0.2, 0) is 4.79 Å². The highest BCUT2D eigenvalue weighted by molar-refractivity contribution is 9.10. The minimum atomic E-state index is -0.511. The van der Waals surface area contributed by atoms with E-state index in [0.29, 0.717) is 24.0 Å². The summed E-state index contributed by atoms with van der Waals surface area (Å²) in [6, 6.07) is 12.9. The van der Waals surface area contributed by atoms with Gasteiger partial charge in [-0.3, -0.25) is 4.79 Å². The number of halogens is 1. The summed E-state index contributed by atoms with van der Waals surface area (Å²) in [7, 11) is 5.66. The number of carbonyl (C=O) groups excluding carboxylic acids is 1. The molecular weight excluding hydrogens is 498 g/mol. The molecule has 9 nitrogen and oxygen atoms in total. The third-order valence-corrected chi connectivity index (χ3v) is 6.06. The van der Waals surface area contributed by atoms with Crippen molar-refractivity contribution in [1.82, 2.24) is 29.8 Å². The van der Waals surface area contributed by atoms with Crippen LogP contribution in [0.1, 0.15) is 13.3 Å². The summed E-state index contributed by atoms with van der Waals surface area (Å²) in [4.78, 5) is 24.3. The summed E-state index contributed by atoms with van der Waals surface area (Å²) >= 11 is 3.59. The van der Waals surface area contributed by atoms with Crippen molar-refractivity contribution in [3.05, 3.63) is 46.9 Å². The molecule has 2 N–H and O–H groups in total. The van der Waals surface area contributed by atoms with Gasteiger partial charge in [-0.2, -0.15) is 4.52 Å². The molecule has 0 saturated carbocycles. The number of fused-ring (bicyclic) bond motifs is 3. The molecule has 1 atom stereocenters. The Hall–Kier alpha value is -3.24. The van der Waals surface area contributed by atoms with Crippen LogP contribution in [0.2, 0.25) is 0 Å². The number of nitrogens with zero attached hydrogens (tertiary/aromatic N) is 5. The number of anilines is 1. The smallest absolute Gasteiger partial charge is 0.242 e. The highest BCUT2D eigenvalue weighted by Crippen LogP contribution is 2.29. The van der Waals surface area contributed by atoms with Crippen LogP contribution < -0.4 is 15.4 Å². The molecule has 2 aromatic carbocycles. The average molecular weight is 526 g/mol. The number of carbonyl (C=O) groups is 1. The quantitative estimate of drug-likeness (QED) is 0.322. The second-order valence-electron chi connectivity index (χ2n) is 8.28. The maximum absolute atomic E-state index is 12.7. The fourth-order valence-corrected chi connectivity index (χ4v) is 4.03. The molecule has 0 bridgehead atoms. The van der Waals surface area contributed by atoms with Crippen molar-refractivity contribution in [2.75, 3.05) is 39.6 Å². The van der Waals surface area contributed by atoms with Crippen LogP contribution in [0.25, 0.3) is 27.9 Å². The second-order valence-corrected chi connectivity index (χ2v) is 9.14. The van der Waals surface area contributed by atoms with Gasteiger partial charge in [0.25, 0.3) is 0 Å². The third-order valence-electron chi connectivity index (χ3n) is 5.42. The van der Waals surface area contributed by atoms with Gasteiger partial charge in [0.15, 0.2) is 11.5 Å². The number of rotatable bonds is 9. The number of benzene rings is 2. The predicted molar refractivity (Wildman–Crippen MR) is 137 cm³/mol. The number of hydrogen-bond acceptors (Lipinski definition) is 7. The number of methoxy groups -OCH3 is 1. The van der Waals surface area contributed by atoms with Gasteiger partial charge >= 0.3 is 0 Å². The summed E-state index contributed by atoms with van der Waals surface area (Å²) in [5.41, 5.74) is 2.24. The van der Waals surface area contributed by atoms with Crippen molar-refractivity contribution in [2.45, 2.75) is 19.4 Å². The average Bonchev–Trinajstić information content (AvgIpc) is 3.28. The molecule has 2 heterocycles. The molecule has 0 radical (unpaired) electrons. The molecule has 4 rings (SSSR count). The zero-order valence-corrected chi connectivity index (χ0v) is 21.3. The lowest BCUT2D eigenvalue weighted by molar-refractivity contribution is -0.121. The predicted octanol–water partition coefficient (Wildman–Crippen LogP) is 3.58. The van der Waals surface area contributed by atoms with Gasteiger partial charge < -0.3 is 20.3 Å². The molecule has 4 aromatic rings. The van der Waals surface area contributed by atoms with Gasteiger partial charge in [-0.25, -0.2) is 9.97 Å². The first-order chi connectivity index (χ1) is 16.4. The molecule has 0 unspecified atom stereocenters. The lowest BCUT2D eigenvalue weighted by Crippen LogP contribution is -2.39. The summed E-state index contributed by atoms with van der Waals surface area (Å²) in [5.74, 6) is 1.66. The van der Waals surface area contributed by atoms with Crippen molar-refractivity contribution < 1.29 is 9.53 Å². The van der Waals surface area contributed by atoms with Crippen molar-refractivity contribution in [3.63, 3.8) is 0 Å². The minimum Gasteiger partial charge on any atom is -0.497 e. The zero-order chi connectivity index (χ0) is 24.2. The fraction of sp³-hybridized carbons (Fsp3) is 0.333. The summed E-state index contributed by atoms with van der Waals surface area (Å²) < 4.78 is 7.75. The van der Waals surface area contributed by atoms with Crippen LogP contribution in [0.5, 0.6) is 5.75 Å². The summed E-state index contributed by atoms with van der Waals surface area (Å²) in [5, 5.41) is 11.8. The number of aromatic nitrogens is 4. The van der Waals surface area contributed by atoms with Gasteiger partial charge in [0.05, 0.1) is 12.6 Å². The van der Waals surface area contributed by atoms with E-state index >= 15 is 0 Å². The number of para-hydroxylation sites is 1. The highest BCUT2D eigenvalue weighted by Gasteiger charge is 2.19. The van der Waals surface area contributed by atoms with E-state index in [9.17, 15) is 4.79 Å². The van der Waals surface area contributed by atoms with Crippen molar-refractivity contribution >= 4 is 44.3 Å². The number of ether oxygens (including phenoxy) is 1. The molecule has 2 aromatic heterocycles. The Labute approximate surface area is 206 Å². The first-order valence-corrected chi connectivity index (χ1v) is 11.8. The van der Waals surface area contributed by atoms with Crippen LogP contribution in [0.4, 0.5) is 5.95 Å². The monoisotopic (exact) mass is 525 g/mol. The van der Waals surface area contributed by atoms with E-state index in [2.05, 4.69) is 31.5 Å². The Morgan fingerprint density at radius 3 is 2.65 bits per heavy atom. The van der Waals surface area contributed by atoms with E-state index in [4.69, 9.17) is 19.8 Å². The van der Waals surface area contributed by atoms with Crippen LogP contribution >= 0.6 is 15.9 Å². The van der Waals surface area contributed by atoms with Crippen LogP contribution in [-0.4, -0.2) is 70.7 Å². The van der Waals surface area contributed by atoms with Crippen LogP contribution in [0.15, 0.2) is 46.9 Å². The number of amides is 1. The van der Waals surface area contributed by atoms with Gasteiger partial charge in [-0.1, -0.05) is 6.07 Å². The Morgan fingerprint density at radius 2 is 1.94 bits per heavy atom. The van der Waals surface area contributed by atoms with Crippen molar-refractivity contribution in [1.29, 1.82) is 0 Å². The maximum atomic E-state index is 12.7. The maximum Gasteiger partial charge on any atom is 0.242 e. The minimum absolute atomic E-state index is 0.101. The van der Waals surface area contributed by atoms with E-state index in [0.717, 1.165) is 39.7 Å². The van der Waals surface area contributed by atoms with E-state index < -0.39 is 6.04 Å². The molecule has 10 heteroatoms. The van der Waals surface area contributed by atoms with Gasteiger partial charge in [-0.05, 0) is 86.3 Å². The van der Waals surface area contributed by atoms with Crippen LogP contribution in [0, 0.1) is 0 Å². The number of nitrogens with one attached hydrogen (secondary N) is 2. The first kappa shape index (κ1) is 23.9. The lowest BCUT2D eigenvalue weighted by atomic mass is 10.2. The van der Waals surface area contributed by atoms with Gasteiger partial charge in [-0.15, -0.1) is 5.10 Å². The van der Waals surface area contributed by atoms with E-state index in [-0.39, 0.29) is 5.91 Å². The standard InChI is InChI=1S/C24H28BrN7O2/c1-15(23(33)26-13-6-14-31(2)3)27-24-28-20-18(7-5-8-19(20)25)22-29-21(30-32(22)24)16-9-11-17(34-4)12-10-16/h5,7-12,15H,6,13-14H2,1-4H3,(H,26,33)(H,27,28)/t15-/m1/s1. The third kappa shape index (κ3) is 5.13. The highest BCUT2D eigenvalue weighted by atomic mass is 79.9. The molecule has 0 fully saturated rings. The lowest BCUT2D eigenvalue weighted by Gasteiger charge is -2.16. The molecule has 0 spiro atoms. The van der Waals surface area contributed by atoms with Gasteiger partial charge in [0, 0.05) is 22.0 Å². The summed E-state index contributed by atoms with van der Waals surface area (Å²) in [6.07, 6.45) is 0.880. The van der Waals surface area contributed by atoms with Crippen molar-refractivity contribution in [3.8, 4) is 17.1 Å². The van der Waals surface area contributed by atoms with Crippen molar-refractivity contribution in [2.24, 2.45) is 0 Å². The SMILES string of the molecule is COc1ccc(-c2nc3c4cccc(Br)c4nc(N[C@H](C)C(=O)NCCCN(C)C)n3n2)cc1. The molecule has 0 aliphatic carbocycles. The van der Waals surface area contributed by atoms with Gasteiger partial charge in [0.1, 0.15) is 11.8 Å². The molecule has 0 saturated heterocycles. The van der Waals surface area contributed by atoms with E-state index in [1.54, 1.807) is 18.5 Å². The largest absolute Gasteiger partial charge is 0.497 e. The second kappa shape index (κ2) is 10.4. The fourth-order valence-electron chi connectivity index (χ4n) is 3.57. The Morgan fingerprint density at radius 1 is 1.18 bits per heavy atom. The molecule has 0 aliphatic heterocycles. The number of hydrogen-bond donors (Lipinski definition) is 2.